The standard InChI is InChI=1S/C21H20N6O/c1-15-6-5-9-17(10-15)13-23-25-19-11-18(22)27-20(24-19)12-21(26-27)28-14-16-7-3-2-4-8-16/h2-13H,14,22H2,1H3,(H,24,25)/b23-13+. The van der Waals surface area contributed by atoms with E-state index in [2.05, 4.69) is 20.6 Å². The third-order valence-corrected chi connectivity index (χ3v) is 4.10. The van der Waals surface area contributed by atoms with Crippen molar-refractivity contribution in [3.8, 4) is 5.88 Å². The van der Waals surface area contributed by atoms with Gasteiger partial charge in [0, 0.05) is 12.1 Å². The van der Waals surface area contributed by atoms with Gasteiger partial charge in [0.25, 0.3) is 0 Å². The summed E-state index contributed by atoms with van der Waals surface area (Å²) >= 11 is 0. The predicted molar refractivity (Wildman–Crippen MR) is 111 cm³/mol. The Morgan fingerprint density at radius 2 is 1.96 bits per heavy atom. The van der Waals surface area contributed by atoms with Crippen LogP contribution in [0.1, 0.15) is 16.7 Å². The topological polar surface area (TPSA) is 89.8 Å². The average Bonchev–Trinajstić information content (AvgIpc) is 3.11. The third kappa shape index (κ3) is 4.09. The molecule has 0 aliphatic carbocycles. The molecule has 0 aliphatic rings. The number of hydrogen-bond acceptors (Lipinski definition) is 6. The molecule has 0 saturated carbocycles. The summed E-state index contributed by atoms with van der Waals surface area (Å²) in [5.41, 5.74) is 12.8. The number of nitrogens with zero attached hydrogens (tertiary/aromatic N) is 4. The van der Waals surface area contributed by atoms with E-state index >= 15 is 0 Å². The van der Waals surface area contributed by atoms with Crippen LogP contribution in [0, 0.1) is 6.92 Å². The van der Waals surface area contributed by atoms with Crippen molar-refractivity contribution in [3.05, 3.63) is 83.4 Å². The minimum Gasteiger partial charge on any atom is -0.472 e. The monoisotopic (exact) mass is 372 g/mol. The summed E-state index contributed by atoms with van der Waals surface area (Å²) in [6.07, 6.45) is 1.74. The molecule has 7 nitrogen and oxygen atoms in total. The summed E-state index contributed by atoms with van der Waals surface area (Å²) in [6, 6.07) is 21.4. The Morgan fingerprint density at radius 3 is 2.79 bits per heavy atom. The summed E-state index contributed by atoms with van der Waals surface area (Å²) < 4.78 is 7.28. The lowest BCUT2D eigenvalue weighted by molar-refractivity contribution is 0.292. The number of nitrogens with one attached hydrogen (secondary N) is 1. The smallest absolute Gasteiger partial charge is 0.235 e. The van der Waals surface area contributed by atoms with Gasteiger partial charge in [0.2, 0.25) is 5.88 Å². The number of nitrogen functional groups attached to an aromatic ring is 1. The SMILES string of the molecule is Cc1cccc(/C=N/Nc2cc(N)n3nc(OCc4ccccc4)cc3n2)c1. The van der Waals surface area contributed by atoms with E-state index in [4.69, 9.17) is 10.5 Å². The van der Waals surface area contributed by atoms with E-state index in [1.165, 1.54) is 10.1 Å². The van der Waals surface area contributed by atoms with Crippen LogP contribution in [-0.2, 0) is 6.61 Å². The predicted octanol–water partition coefficient (Wildman–Crippen LogP) is 3.64. The van der Waals surface area contributed by atoms with Crippen LogP contribution in [-0.4, -0.2) is 20.8 Å². The molecule has 0 spiro atoms. The number of benzene rings is 2. The number of aromatic nitrogens is 3. The van der Waals surface area contributed by atoms with E-state index in [-0.39, 0.29) is 0 Å². The lowest BCUT2D eigenvalue weighted by Crippen LogP contribution is -2.03. The minimum absolute atomic E-state index is 0.427. The Bertz CT molecular complexity index is 1120. The van der Waals surface area contributed by atoms with Gasteiger partial charge in [-0.1, -0.05) is 60.2 Å². The number of hydrogen-bond donors (Lipinski definition) is 2. The molecule has 0 fully saturated rings. The molecule has 2 heterocycles. The van der Waals surface area contributed by atoms with Crippen molar-refractivity contribution in [1.82, 2.24) is 14.6 Å². The second-order valence-electron chi connectivity index (χ2n) is 6.38. The van der Waals surface area contributed by atoms with Gasteiger partial charge in [0.1, 0.15) is 12.4 Å². The average molecular weight is 372 g/mol. The van der Waals surface area contributed by atoms with Gasteiger partial charge < -0.3 is 10.5 Å². The Kier molecular flexibility index (Phi) is 4.88. The van der Waals surface area contributed by atoms with Gasteiger partial charge in [-0.2, -0.15) is 9.62 Å². The molecule has 2 aromatic heterocycles. The first-order valence-electron chi connectivity index (χ1n) is 8.86. The van der Waals surface area contributed by atoms with Gasteiger partial charge in [-0.25, -0.2) is 4.98 Å². The van der Waals surface area contributed by atoms with Crippen LogP contribution in [0.4, 0.5) is 11.6 Å². The molecule has 0 amide bonds. The highest BCUT2D eigenvalue weighted by Gasteiger charge is 2.08. The molecule has 2 aromatic carbocycles. The van der Waals surface area contributed by atoms with E-state index in [9.17, 15) is 0 Å². The fourth-order valence-corrected chi connectivity index (χ4v) is 2.76. The molecule has 0 radical (unpaired) electrons. The van der Waals surface area contributed by atoms with Crippen LogP contribution in [0.25, 0.3) is 5.65 Å². The van der Waals surface area contributed by atoms with Crippen LogP contribution in [0.2, 0.25) is 0 Å². The van der Waals surface area contributed by atoms with Gasteiger partial charge >= 0.3 is 0 Å². The number of aryl methyl sites for hydroxylation is 1. The maximum atomic E-state index is 6.09. The lowest BCUT2D eigenvalue weighted by atomic mass is 10.2. The highest BCUT2D eigenvalue weighted by Crippen LogP contribution is 2.19. The Balaban J connectivity index is 1.48. The summed E-state index contributed by atoms with van der Waals surface area (Å²) in [7, 11) is 0. The first-order chi connectivity index (χ1) is 13.7. The normalized spacial score (nSPS) is 11.2. The number of hydrazone groups is 1. The number of nitrogens with two attached hydrogens (primary N) is 1. The van der Waals surface area contributed by atoms with E-state index in [0.717, 1.165) is 11.1 Å². The van der Waals surface area contributed by atoms with Crippen LogP contribution < -0.4 is 15.9 Å². The second-order valence-corrected chi connectivity index (χ2v) is 6.38. The molecule has 0 unspecified atom stereocenters. The zero-order valence-electron chi connectivity index (χ0n) is 15.4. The molecule has 0 aliphatic heterocycles. The van der Waals surface area contributed by atoms with Crippen molar-refractivity contribution in [2.45, 2.75) is 13.5 Å². The van der Waals surface area contributed by atoms with Gasteiger partial charge in [-0.05, 0) is 18.1 Å². The zero-order valence-corrected chi connectivity index (χ0v) is 15.4. The molecule has 0 saturated heterocycles. The Labute approximate surface area is 162 Å². The van der Waals surface area contributed by atoms with Crippen LogP contribution >= 0.6 is 0 Å². The van der Waals surface area contributed by atoms with Gasteiger partial charge in [0.05, 0.1) is 6.21 Å². The van der Waals surface area contributed by atoms with Gasteiger partial charge in [0.15, 0.2) is 11.5 Å². The van der Waals surface area contributed by atoms with Gasteiger partial charge in [-0.3, -0.25) is 5.43 Å². The van der Waals surface area contributed by atoms with Crippen LogP contribution in [0.3, 0.4) is 0 Å². The van der Waals surface area contributed by atoms with E-state index in [1.54, 1.807) is 18.3 Å². The largest absolute Gasteiger partial charge is 0.472 e. The van der Waals surface area contributed by atoms with E-state index in [0.29, 0.717) is 29.8 Å². The van der Waals surface area contributed by atoms with Crippen LogP contribution in [0.15, 0.2) is 71.8 Å². The Morgan fingerprint density at radius 1 is 1.11 bits per heavy atom. The molecule has 0 bridgehead atoms. The van der Waals surface area contributed by atoms with Crippen molar-refractivity contribution in [2.24, 2.45) is 5.10 Å². The molecule has 0 atom stereocenters. The van der Waals surface area contributed by atoms with Crippen molar-refractivity contribution >= 4 is 23.5 Å². The highest BCUT2D eigenvalue weighted by molar-refractivity contribution is 5.80. The van der Waals surface area contributed by atoms with Crippen molar-refractivity contribution in [1.29, 1.82) is 0 Å². The molecule has 4 rings (SSSR count). The quantitative estimate of drug-likeness (QED) is 0.398. The lowest BCUT2D eigenvalue weighted by Gasteiger charge is -2.03. The van der Waals surface area contributed by atoms with Crippen molar-refractivity contribution in [2.75, 3.05) is 11.2 Å². The zero-order chi connectivity index (χ0) is 19.3. The summed E-state index contributed by atoms with van der Waals surface area (Å²) in [5, 5.41) is 8.58. The molecule has 7 heteroatoms. The summed E-state index contributed by atoms with van der Waals surface area (Å²) in [5.74, 6) is 1.43. The maximum absolute atomic E-state index is 6.09. The fraction of sp³-hybridized carbons (Fsp3) is 0.0952. The number of anilines is 2. The summed E-state index contributed by atoms with van der Waals surface area (Å²) in [6.45, 7) is 2.47. The molecule has 140 valence electrons. The first kappa shape index (κ1) is 17.5. The number of fused-ring (bicyclic) bond motifs is 1. The molecule has 28 heavy (non-hydrogen) atoms. The minimum atomic E-state index is 0.427. The van der Waals surface area contributed by atoms with E-state index in [1.807, 2.05) is 61.5 Å². The van der Waals surface area contributed by atoms with Crippen LogP contribution in [0.5, 0.6) is 5.88 Å². The molecule has 4 aromatic rings. The van der Waals surface area contributed by atoms with Crippen molar-refractivity contribution in [3.63, 3.8) is 0 Å². The molecule has 3 N–H and O–H groups in total. The van der Waals surface area contributed by atoms with E-state index < -0.39 is 0 Å². The fourth-order valence-electron chi connectivity index (χ4n) is 2.76. The molecular weight excluding hydrogens is 352 g/mol. The number of rotatable bonds is 6. The molecular formula is C21H20N6O. The Hall–Kier alpha value is -3.87. The first-order valence-corrected chi connectivity index (χ1v) is 8.86. The summed E-state index contributed by atoms with van der Waals surface area (Å²) in [4.78, 5) is 4.48. The maximum Gasteiger partial charge on any atom is 0.235 e. The van der Waals surface area contributed by atoms with Crippen molar-refractivity contribution < 1.29 is 4.74 Å². The third-order valence-electron chi connectivity index (χ3n) is 4.10. The number of ether oxygens (including phenoxy) is 1. The van der Waals surface area contributed by atoms with Gasteiger partial charge in [-0.15, -0.1) is 5.10 Å². The highest BCUT2D eigenvalue weighted by atomic mass is 16.5. The second kappa shape index (κ2) is 7.79.